The lowest BCUT2D eigenvalue weighted by molar-refractivity contribution is -0.140. The lowest BCUT2D eigenvalue weighted by Crippen LogP contribution is -2.18. The molecule has 0 amide bonds. The van der Waals surface area contributed by atoms with Crippen LogP contribution in [0.5, 0.6) is 0 Å². The zero-order valence-corrected chi connectivity index (χ0v) is 21.7. The van der Waals surface area contributed by atoms with Crippen molar-refractivity contribution in [1.29, 1.82) is 0 Å². The molecule has 12 heteroatoms. The van der Waals surface area contributed by atoms with E-state index >= 15 is 0 Å². The molecule has 0 saturated carbocycles. The molecule has 36 heavy (non-hydrogen) atoms. The highest BCUT2D eigenvalue weighted by atomic mass is 35.5. The molecule has 7 nitrogen and oxygen atoms in total. The van der Waals surface area contributed by atoms with Crippen molar-refractivity contribution >= 4 is 36.6 Å². The summed E-state index contributed by atoms with van der Waals surface area (Å²) in [6, 6.07) is 0.894. The topological polar surface area (TPSA) is 101 Å². The maximum Gasteiger partial charge on any atom is 0.419 e. The number of allylic oxidation sites excluding steroid dienone is 1. The normalized spacial score (nSPS) is 13.4. The molecule has 0 aromatic heterocycles. The van der Waals surface area contributed by atoms with Crippen LogP contribution in [0.4, 0.5) is 23.2 Å². The second kappa shape index (κ2) is 17.9. The monoisotopic (exact) mass is 537 g/mol. The third kappa shape index (κ3) is 11.0. The number of alkyl halides is 4. The number of rotatable bonds is 14. The van der Waals surface area contributed by atoms with Gasteiger partial charge >= 0.3 is 6.18 Å². The minimum Gasteiger partial charge on any atom is -0.399 e. The van der Waals surface area contributed by atoms with Gasteiger partial charge in [-0.1, -0.05) is 6.92 Å². The molecule has 4 N–H and O–H groups in total. The molecule has 0 fully saturated rings. The maximum atomic E-state index is 14.7. The lowest BCUT2D eigenvalue weighted by atomic mass is 10.0. The fraction of sp³-hybridized carbons (Fsp3) is 0.542. The molecule has 0 heterocycles. The number of nitrogens with one attached hydrogen (secondary N) is 2. The van der Waals surface area contributed by atoms with Crippen molar-refractivity contribution in [3.05, 3.63) is 40.3 Å². The van der Waals surface area contributed by atoms with Crippen LogP contribution < -0.4 is 16.4 Å². The molecule has 0 aliphatic heterocycles. The molecule has 0 aliphatic carbocycles. The third-order valence-electron chi connectivity index (χ3n) is 5.07. The van der Waals surface area contributed by atoms with Gasteiger partial charge in [0.05, 0.1) is 24.2 Å². The number of carbonyl (C=O) groups excluding carboxylic acids is 1. The summed E-state index contributed by atoms with van der Waals surface area (Å²) in [5, 5.41) is 6.11. The summed E-state index contributed by atoms with van der Waals surface area (Å²) in [7, 11) is 1.86. The number of carbonyl (C=O) groups is 1. The van der Waals surface area contributed by atoms with Gasteiger partial charge in [-0.25, -0.2) is 9.38 Å². The Morgan fingerprint density at radius 3 is 2.44 bits per heavy atom. The van der Waals surface area contributed by atoms with E-state index in [1.54, 1.807) is 0 Å². The Morgan fingerprint density at radius 2 is 1.92 bits per heavy atom. The van der Waals surface area contributed by atoms with E-state index < -0.39 is 23.6 Å². The first-order valence-electron chi connectivity index (χ1n) is 11.3. The van der Waals surface area contributed by atoms with Crippen molar-refractivity contribution in [1.82, 2.24) is 10.6 Å². The van der Waals surface area contributed by atoms with Crippen LogP contribution in [-0.4, -0.2) is 52.2 Å². The van der Waals surface area contributed by atoms with Gasteiger partial charge < -0.3 is 25.9 Å². The predicted molar refractivity (Wildman–Crippen MR) is 138 cm³/mol. The first kappa shape index (κ1) is 33.5. The van der Waals surface area contributed by atoms with Crippen molar-refractivity contribution in [3.63, 3.8) is 0 Å². The number of aliphatic imine (C=N–C) groups is 2. The standard InChI is InChI=1S/C23H34ClF4N5O.CH2O/c1-5-17(20(32-14-24)8-6-7-10-34-11-9-30-3)22(31-4)33-15(2)18-12-16(29)13-19(21(18)25)23(26,27)28;1-2/h12-13,15,30,32H,4-11,14,29H2,1-3H3;1H2/b20-17-,33-22?;. The van der Waals surface area contributed by atoms with Gasteiger partial charge in [-0.05, 0) is 58.5 Å². The molecule has 1 aromatic rings. The van der Waals surface area contributed by atoms with Crippen LogP contribution in [0, 0.1) is 5.82 Å². The average molecular weight is 538 g/mol. The predicted octanol–water partition coefficient (Wildman–Crippen LogP) is 5.26. The number of hydrogen-bond acceptors (Lipinski definition) is 6. The molecular weight excluding hydrogens is 502 g/mol. The van der Waals surface area contributed by atoms with Gasteiger partial charge in [-0.2, -0.15) is 13.2 Å². The first-order valence-corrected chi connectivity index (χ1v) is 11.9. The fourth-order valence-electron chi connectivity index (χ4n) is 3.36. The van der Waals surface area contributed by atoms with E-state index in [-0.39, 0.29) is 23.1 Å². The number of anilines is 1. The van der Waals surface area contributed by atoms with Gasteiger partial charge in [0.25, 0.3) is 0 Å². The zero-order valence-electron chi connectivity index (χ0n) is 21.0. The van der Waals surface area contributed by atoms with Crippen molar-refractivity contribution in [2.75, 3.05) is 38.5 Å². The number of nitrogen functional groups attached to an aromatic ring is 1. The minimum absolute atomic E-state index is 0.149. The van der Waals surface area contributed by atoms with Gasteiger partial charge in [-0.3, -0.25) is 4.99 Å². The van der Waals surface area contributed by atoms with Crippen molar-refractivity contribution in [2.45, 2.75) is 51.7 Å². The van der Waals surface area contributed by atoms with E-state index in [9.17, 15) is 17.6 Å². The number of benzene rings is 1. The minimum atomic E-state index is -4.88. The zero-order chi connectivity index (χ0) is 27.7. The summed E-state index contributed by atoms with van der Waals surface area (Å²) >= 11 is 5.91. The van der Waals surface area contributed by atoms with Crippen LogP contribution in [0.1, 0.15) is 56.7 Å². The molecule has 0 saturated heterocycles. The second-order valence-electron chi connectivity index (χ2n) is 7.55. The Kier molecular flexibility index (Phi) is 16.6. The summed E-state index contributed by atoms with van der Waals surface area (Å²) in [6.45, 7) is 10.9. The third-order valence-corrected chi connectivity index (χ3v) is 5.21. The fourth-order valence-corrected chi connectivity index (χ4v) is 3.52. The maximum absolute atomic E-state index is 14.7. The number of halogens is 5. The van der Waals surface area contributed by atoms with Crippen LogP contribution in [0.3, 0.4) is 0 Å². The molecule has 1 rings (SSSR count). The van der Waals surface area contributed by atoms with Gasteiger partial charge in [0.15, 0.2) is 5.84 Å². The van der Waals surface area contributed by atoms with Crippen molar-refractivity contribution in [3.8, 4) is 0 Å². The molecule has 0 bridgehead atoms. The smallest absolute Gasteiger partial charge is 0.399 e. The number of likely N-dealkylation sites (N-methyl/N-ethyl adjacent to an activating group) is 1. The average Bonchev–Trinajstić information content (AvgIpc) is 2.84. The lowest BCUT2D eigenvalue weighted by Gasteiger charge is -2.18. The van der Waals surface area contributed by atoms with Crippen LogP contribution in [0.25, 0.3) is 0 Å². The largest absolute Gasteiger partial charge is 0.419 e. The Bertz CT molecular complexity index is 879. The van der Waals surface area contributed by atoms with E-state index in [2.05, 4.69) is 27.3 Å². The highest BCUT2D eigenvalue weighted by Gasteiger charge is 2.36. The SMILES string of the molecule is C=NC(=NC(C)c1cc(N)cc(C(F)(F)F)c1F)/C(CC)=C(/CCCCOCCNC)NCCl.C=O. The van der Waals surface area contributed by atoms with Crippen molar-refractivity contribution in [2.24, 2.45) is 9.98 Å². The number of ether oxygens (including phenoxy) is 1. The van der Waals surface area contributed by atoms with Gasteiger partial charge in [-0.15, -0.1) is 11.6 Å². The molecule has 1 atom stereocenters. The van der Waals surface area contributed by atoms with Crippen LogP contribution in [-0.2, 0) is 15.7 Å². The van der Waals surface area contributed by atoms with E-state index in [1.165, 1.54) is 6.92 Å². The van der Waals surface area contributed by atoms with Crippen LogP contribution >= 0.6 is 11.6 Å². The molecule has 0 aliphatic rings. The van der Waals surface area contributed by atoms with Crippen molar-refractivity contribution < 1.29 is 27.1 Å². The van der Waals surface area contributed by atoms with E-state index in [4.69, 9.17) is 26.9 Å². The van der Waals surface area contributed by atoms with Crippen LogP contribution in [0.15, 0.2) is 33.4 Å². The van der Waals surface area contributed by atoms with Gasteiger partial charge in [0, 0.05) is 35.7 Å². The summed E-state index contributed by atoms with van der Waals surface area (Å²) in [4.78, 5) is 16.4. The Labute approximate surface area is 215 Å². The second-order valence-corrected chi connectivity index (χ2v) is 7.82. The number of hydrogen-bond donors (Lipinski definition) is 3. The highest BCUT2D eigenvalue weighted by molar-refractivity contribution is 6.17. The van der Waals surface area contributed by atoms with Gasteiger partial charge in [0.2, 0.25) is 0 Å². The summed E-state index contributed by atoms with van der Waals surface area (Å²) < 4.78 is 59.8. The van der Waals surface area contributed by atoms with E-state index in [0.717, 1.165) is 31.1 Å². The Balaban J connectivity index is 0.00000596. The van der Waals surface area contributed by atoms with E-state index in [1.807, 2.05) is 20.8 Å². The molecule has 0 radical (unpaired) electrons. The van der Waals surface area contributed by atoms with Crippen LogP contribution in [0.2, 0.25) is 0 Å². The van der Waals surface area contributed by atoms with E-state index in [0.29, 0.717) is 37.7 Å². The molecule has 1 unspecified atom stereocenters. The summed E-state index contributed by atoms with van der Waals surface area (Å²) in [6.07, 6.45) is -2.09. The number of nitrogens with two attached hydrogens (primary N) is 1. The first-order chi connectivity index (χ1) is 17.1. The molecule has 204 valence electrons. The molecular formula is C24H36ClF4N5O2. The quantitative estimate of drug-likeness (QED) is 0.0571. The highest BCUT2D eigenvalue weighted by Crippen LogP contribution is 2.36. The molecule has 1 aromatic carbocycles. The molecule has 0 spiro atoms. The number of amidine groups is 1. The number of nitrogens with zero attached hydrogens (tertiary/aromatic N) is 2. The number of unbranched alkanes of at least 4 members (excludes halogenated alkanes) is 1. The summed E-state index contributed by atoms with van der Waals surface area (Å²) in [5.41, 5.74) is 5.22. The Hall–Kier alpha value is -2.50. The Morgan fingerprint density at radius 1 is 1.25 bits per heavy atom. The summed E-state index contributed by atoms with van der Waals surface area (Å²) in [5.74, 6) is -1.19. The van der Waals surface area contributed by atoms with Gasteiger partial charge in [0.1, 0.15) is 12.6 Å².